The Morgan fingerprint density at radius 3 is 1.32 bits per heavy atom. The van der Waals surface area contributed by atoms with E-state index in [2.05, 4.69) is 133 Å². The van der Waals surface area contributed by atoms with E-state index in [1.807, 2.05) is 146 Å². The van der Waals surface area contributed by atoms with Crippen LogP contribution in [0.2, 0.25) is 5.04 Å². The van der Waals surface area contributed by atoms with Gasteiger partial charge < -0.3 is 43.1 Å². The van der Waals surface area contributed by atoms with Gasteiger partial charge in [0, 0.05) is 35.5 Å². The maximum absolute atomic E-state index is 14.0. The molecule has 0 aliphatic heterocycles. The topological polar surface area (TPSA) is 148 Å². The minimum atomic E-state index is -3.33. The van der Waals surface area contributed by atoms with Gasteiger partial charge in [0.1, 0.15) is 34.8 Å². The summed E-state index contributed by atoms with van der Waals surface area (Å²) in [5, 5.41) is 18.1. The van der Waals surface area contributed by atoms with Crippen molar-refractivity contribution in [1.82, 2.24) is 19.5 Å². The van der Waals surface area contributed by atoms with Crippen molar-refractivity contribution in [3.05, 3.63) is 306 Å². The molecule has 0 spiro atoms. The van der Waals surface area contributed by atoms with E-state index in [1.54, 1.807) is 39.8 Å². The molecule has 4 atom stereocenters. The van der Waals surface area contributed by atoms with E-state index in [0.29, 0.717) is 34.0 Å². The van der Waals surface area contributed by atoms with Gasteiger partial charge in [0.15, 0.2) is 17.0 Å². The molecule has 11 aromatic rings. The summed E-state index contributed by atoms with van der Waals surface area (Å²) < 4.78 is 43.6. The minimum absolute atomic E-state index is 0.0258. The third kappa shape index (κ3) is 11.4. The summed E-state index contributed by atoms with van der Waals surface area (Å²) in [6.45, 7) is 6.61. The monoisotopic (exact) mass is 1230 g/mol. The van der Waals surface area contributed by atoms with Gasteiger partial charge in [-0.05, 0) is 97.3 Å². The quantitative estimate of drug-likeness (QED) is 0.0440. The van der Waals surface area contributed by atoms with Crippen LogP contribution in [-0.2, 0) is 25.1 Å². The van der Waals surface area contributed by atoms with Crippen molar-refractivity contribution in [2.24, 2.45) is 17.3 Å². The molecule has 1 fully saturated rings. The normalized spacial score (nSPS) is 16.8. The van der Waals surface area contributed by atoms with Crippen LogP contribution in [0.5, 0.6) is 17.2 Å². The van der Waals surface area contributed by atoms with Crippen molar-refractivity contribution in [3.63, 3.8) is 0 Å². The maximum atomic E-state index is 14.0. The zero-order valence-corrected chi connectivity index (χ0v) is 53.1. The second kappa shape index (κ2) is 26.5. The van der Waals surface area contributed by atoms with Gasteiger partial charge in [-0.2, -0.15) is 0 Å². The lowest BCUT2D eigenvalue weighted by molar-refractivity contribution is -0.225. The number of fused-ring (bicyclic) bond motifs is 1. The van der Waals surface area contributed by atoms with Gasteiger partial charge in [-0.15, -0.1) is 0 Å². The Morgan fingerprint density at radius 2 is 0.901 bits per heavy atom. The zero-order chi connectivity index (χ0) is 63.1. The number of hydrogen-bond donors (Lipinski definition) is 2. The number of benzene rings is 9. The summed E-state index contributed by atoms with van der Waals surface area (Å²) in [6, 6.07) is 84.4. The lowest BCUT2D eigenvalue weighted by atomic mass is 9.50. The van der Waals surface area contributed by atoms with Gasteiger partial charge >= 0.3 is 0 Å². The van der Waals surface area contributed by atoms with Crippen LogP contribution in [0.15, 0.2) is 267 Å². The van der Waals surface area contributed by atoms with Gasteiger partial charge in [0.2, 0.25) is 0 Å². The zero-order valence-electron chi connectivity index (χ0n) is 52.1. The highest BCUT2D eigenvalue weighted by Crippen LogP contribution is 2.62. The van der Waals surface area contributed by atoms with E-state index in [4.69, 9.17) is 38.1 Å². The van der Waals surface area contributed by atoms with E-state index in [0.717, 1.165) is 43.8 Å². The van der Waals surface area contributed by atoms with Crippen molar-refractivity contribution in [2.75, 3.05) is 53.1 Å². The molecule has 2 heterocycles. The fourth-order valence-electron chi connectivity index (χ4n) is 13.9. The number of anilines is 1. The average molecular weight is 1230 g/mol. The first-order valence-electron chi connectivity index (χ1n) is 30.7. The molecule has 9 aromatic carbocycles. The molecular formula is C77H75N5O8Si. The first kappa shape index (κ1) is 61.7. The molecule has 0 unspecified atom stereocenters. The van der Waals surface area contributed by atoms with Crippen molar-refractivity contribution < 1.29 is 38.0 Å². The molecule has 460 valence electrons. The highest BCUT2D eigenvalue weighted by atomic mass is 28.4. The molecule has 1 aliphatic carbocycles. The van der Waals surface area contributed by atoms with Gasteiger partial charge in [-0.3, -0.25) is 4.79 Å². The third-order valence-electron chi connectivity index (χ3n) is 18.5. The molecule has 0 bridgehead atoms. The number of ether oxygens (including phenoxy) is 5. The Morgan fingerprint density at radius 1 is 0.505 bits per heavy atom. The number of aliphatic hydroxyl groups excluding tert-OH is 1. The first-order valence-corrected chi connectivity index (χ1v) is 32.6. The molecule has 1 aliphatic rings. The fraction of sp³-hybridized carbons (Fsp3) is 0.221. The second-order valence-electron chi connectivity index (χ2n) is 24.2. The number of aliphatic hydroxyl groups is 1. The lowest BCUT2D eigenvalue weighted by Gasteiger charge is -2.62. The molecule has 2 N–H and O–H groups in total. The van der Waals surface area contributed by atoms with Crippen LogP contribution in [0, 0.1) is 17.3 Å². The summed E-state index contributed by atoms with van der Waals surface area (Å²) in [5.74, 6) is 0.801. The Kier molecular flexibility index (Phi) is 18.0. The van der Waals surface area contributed by atoms with Crippen LogP contribution < -0.4 is 29.9 Å². The van der Waals surface area contributed by atoms with Crippen LogP contribution in [0.25, 0.3) is 11.2 Å². The number of nitrogens with one attached hydrogen (secondary N) is 1. The molecule has 0 saturated heterocycles. The summed E-state index contributed by atoms with van der Waals surface area (Å²) in [7, 11) is 1.65. The number of nitrogens with zero attached hydrogens (tertiary/aromatic N) is 4. The molecule has 13 nitrogen and oxygen atoms in total. The number of carbonyl (C=O) groups excluding carboxylic acids is 1. The standard InChI is InChI=1S/C77H75N5O8Si/c1-74(2,3)91(65-33-21-11-22-34-65,66-35-23-12-24-36-66)90-50-68-70(82-54-80-69-71(78-53-79-72(69)82)81-73(84)55-25-13-7-14-26-55)67(49-88-76(56-27-15-8-16-28-56,57-29-17-9-18-30-57)59-37-43-62(85-4)44-38-59)75(68,51-83)52-89-77(58-31-19-10-20-32-58,60-39-45-63(86-5)46-40-60)61-41-47-64(87-6)48-42-61/h7-48,53-54,67-68,70,83H,49-52H2,1-6H3,(H,78,79,81,84)/t67-,68+,70-,75+/m0/s1. The Balaban J connectivity index is 1.10. The van der Waals surface area contributed by atoms with Gasteiger partial charge in [-0.1, -0.05) is 227 Å². The SMILES string of the molecule is COc1ccc(C(OC[C@H]2[C@H](n3cnc4c(NC(=O)c5ccccc5)ncnc43)[C@@H](CO[Si](c3ccccc3)(c3ccccc3)C(C)(C)C)[C@]2(CO)COC(c2ccccc2)(c2ccc(OC)cc2)c2ccc(OC)cc2)(c2ccccc2)c2ccccc2)cc1. The van der Waals surface area contributed by atoms with E-state index in [9.17, 15) is 9.90 Å². The fourth-order valence-corrected chi connectivity index (χ4v) is 18.5. The molecule has 91 heavy (non-hydrogen) atoms. The van der Waals surface area contributed by atoms with Crippen molar-refractivity contribution in [2.45, 2.75) is 43.1 Å². The highest BCUT2D eigenvalue weighted by molar-refractivity contribution is 6.99. The van der Waals surface area contributed by atoms with Crippen LogP contribution in [0.1, 0.15) is 70.6 Å². The summed E-state index contributed by atoms with van der Waals surface area (Å²) >= 11 is 0. The maximum Gasteiger partial charge on any atom is 0.261 e. The van der Waals surface area contributed by atoms with Crippen molar-refractivity contribution in [3.8, 4) is 17.2 Å². The number of carbonyl (C=O) groups is 1. The van der Waals surface area contributed by atoms with E-state index in [1.165, 1.54) is 6.33 Å². The minimum Gasteiger partial charge on any atom is -0.497 e. The summed E-state index contributed by atoms with van der Waals surface area (Å²) in [4.78, 5) is 28.7. The molecule has 12 rings (SSSR count). The van der Waals surface area contributed by atoms with Crippen LogP contribution >= 0.6 is 0 Å². The van der Waals surface area contributed by atoms with Gasteiger partial charge in [-0.25, -0.2) is 15.0 Å². The number of imidazole rings is 1. The lowest BCUT2D eigenvalue weighted by Crippen LogP contribution is -2.70. The molecular weight excluding hydrogens is 1150 g/mol. The number of amides is 1. The molecule has 1 amide bonds. The Hall–Kier alpha value is -9.54. The predicted octanol–water partition coefficient (Wildman–Crippen LogP) is 13.5. The van der Waals surface area contributed by atoms with E-state index >= 15 is 0 Å². The summed E-state index contributed by atoms with van der Waals surface area (Å²) in [6.07, 6.45) is 3.24. The molecule has 2 aromatic heterocycles. The van der Waals surface area contributed by atoms with Crippen molar-refractivity contribution in [1.29, 1.82) is 0 Å². The number of hydrogen-bond acceptors (Lipinski definition) is 11. The number of aromatic nitrogens is 4. The third-order valence-corrected chi connectivity index (χ3v) is 23.5. The molecule has 1 saturated carbocycles. The second-order valence-corrected chi connectivity index (χ2v) is 28.5. The average Bonchev–Trinajstić information content (AvgIpc) is 1.62. The van der Waals surface area contributed by atoms with E-state index < -0.39 is 47.9 Å². The smallest absolute Gasteiger partial charge is 0.261 e. The Labute approximate surface area is 533 Å². The Bertz CT molecular complexity index is 4040. The molecule has 0 radical (unpaired) electrons. The number of methoxy groups -OCH3 is 3. The first-order chi connectivity index (χ1) is 44.4. The predicted molar refractivity (Wildman–Crippen MR) is 359 cm³/mol. The van der Waals surface area contributed by atoms with Crippen LogP contribution in [-0.4, -0.2) is 86.6 Å². The highest BCUT2D eigenvalue weighted by Gasteiger charge is 2.65. The largest absolute Gasteiger partial charge is 0.497 e. The van der Waals surface area contributed by atoms with Gasteiger partial charge in [0.25, 0.3) is 14.2 Å². The van der Waals surface area contributed by atoms with Crippen LogP contribution in [0.3, 0.4) is 0 Å². The van der Waals surface area contributed by atoms with Crippen molar-refractivity contribution >= 4 is 41.6 Å². The summed E-state index contributed by atoms with van der Waals surface area (Å²) in [5.41, 5.74) is 2.76. The van der Waals surface area contributed by atoms with Crippen LogP contribution in [0.4, 0.5) is 5.82 Å². The molecule has 14 heteroatoms. The van der Waals surface area contributed by atoms with E-state index in [-0.39, 0.29) is 38.2 Å². The van der Waals surface area contributed by atoms with Gasteiger partial charge in [0.05, 0.1) is 47.5 Å². The number of rotatable bonds is 24.